The van der Waals surface area contributed by atoms with Gasteiger partial charge < -0.3 is 10.2 Å². The third-order valence-corrected chi connectivity index (χ3v) is 6.21. The average Bonchev–Trinajstić information content (AvgIpc) is 3.26. The van der Waals surface area contributed by atoms with E-state index in [-0.39, 0.29) is 17.6 Å². The molecule has 1 atom stereocenters. The molecule has 1 aliphatic heterocycles. The molecule has 3 aromatic rings. The van der Waals surface area contributed by atoms with Crippen LogP contribution in [0.4, 0.5) is 0 Å². The number of oxime groups is 1. The summed E-state index contributed by atoms with van der Waals surface area (Å²) in [6, 6.07) is 9.51. The minimum atomic E-state index is -0.272. The lowest BCUT2D eigenvalue weighted by atomic mass is 9.76. The standard InChI is InChI=1S/C25H25N5O2/c1-16-4-5-21(28-14-16)18-10-19(22-13-25(32-30-22)6-3-7-25)12-20(11-18)24(31)29-17(2)23-15-26-8-9-27-23/h4-5,8-12,14-15,17H,3,6-7,13H2,1-2H3,(H,29,31)/t17-/m1/s1. The Bertz CT molecular complexity index is 1170. The minimum absolute atomic E-state index is 0.142. The molecule has 1 spiro atoms. The van der Waals surface area contributed by atoms with Gasteiger partial charge in [-0.1, -0.05) is 11.2 Å². The van der Waals surface area contributed by atoms with E-state index in [0.29, 0.717) is 11.3 Å². The van der Waals surface area contributed by atoms with Crippen molar-refractivity contribution in [3.05, 3.63) is 77.5 Å². The van der Waals surface area contributed by atoms with Gasteiger partial charge in [0.05, 0.1) is 29.3 Å². The molecule has 7 heteroatoms. The van der Waals surface area contributed by atoms with Crippen LogP contribution < -0.4 is 5.32 Å². The number of aromatic nitrogens is 3. The molecule has 1 amide bonds. The summed E-state index contributed by atoms with van der Waals surface area (Å²) in [5, 5.41) is 7.41. The van der Waals surface area contributed by atoms with E-state index in [0.717, 1.165) is 47.4 Å². The van der Waals surface area contributed by atoms with E-state index in [4.69, 9.17) is 4.84 Å². The van der Waals surface area contributed by atoms with Gasteiger partial charge in [-0.05, 0) is 62.9 Å². The van der Waals surface area contributed by atoms with E-state index in [1.54, 1.807) is 18.6 Å². The SMILES string of the molecule is Cc1ccc(-c2cc(C(=O)N[C@H](C)c3cnccn3)cc(C3=NOC4(CCC4)C3)c2)nc1. The molecule has 1 fully saturated rings. The summed E-state index contributed by atoms with van der Waals surface area (Å²) >= 11 is 0. The molecule has 0 saturated heterocycles. The largest absolute Gasteiger partial charge is 0.389 e. The van der Waals surface area contributed by atoms with E-state index in [2.05, 4.69) is 25.4 Å². The first-order valence-electron chi connectivity index (χ1n) is 10.9. The molecule has 1 aliphatic carbocycles. The third kappa shape index (κ3) is 3.98. The number of pyridine rings is 1. The molecule has 7 nitrogen and oxygen atoms in total. The molecule has 32 heavy (non-hydrogen) atoms. The summed E-state index contributed by atoms with van der Waals surface area (Å²) in [5.74, 6) is -0.184. The van der Waals surface area contributed by atoms with Gasteiger partial charge in [-0.15, -0.1) is 0 Å². The van der Waals surface area contributed by atoms with Crippen LogP contribution in [-0.2, 0) is 4.84 Å². The number of nitrogens with zero attached hydrogens (tertiary/aromatic N) is 4. The van der Waals surface area contributed by atoms with Crippen molar-refractivity contribution in [2.45, 2.75) is 51.2 Å². The fourth-order valence-corrected chi connectivity index (χ4v) is 4.12. The fourth-order valence-electron chi connectivity index (χ4n) is 4.12. The van der Waals surface area contributed by atoms with Gasteiger partial charge in [-0.3, -0.25) is 19.7 Å². The summed E-state index contributed by atoms with van der Waals surface area (Å²) in [4.78, 5) is 31.9. The van der Waals surface area contributed by atoms with Crippen molar-refractivity contribution in [3.8, 4) is 11.3 Å². The number of nitrogens with one attached hydrogen (secondary N) is 1. The highest BCUT2D eigenvalue weighted by Crippen LogP contribution is 2.43. The van der Waals surface area contributed by atoms with Crippen molar-refractivity contribution in [3.63, 3.8) is 0 Å². The van der Waals surface area contributed by atoms with Gasteiger partial charge >= 0.3 is 0 Å². The number of hydrogen-bond acceptors (Lipinski definition) is 6. The summed E-state index contributed by atoms with van der Waals surface area (Å²) in [6.45, 7) is 3.89. The van der Waals surface area contributed by atoms with Gasteiger partial charge in [0.1, 0.15) is 5.60 Å². The van der Waals surface area contributed by atoms with Gasteiger partial charge in [-0.25, -0.2) is 0 Å². The van der Waals surface area contributed by atoms with Crippen LogP contribution in [0.25, 0.3) is 11.3 Å². The second kappa shape index (κ2) is 8.15. The Morgan fingerprint density at radius 1 is 1.09 bits per heavy atom. The van der Waals surface area contributed by atoms with Crippen molar-refractivity contribution >= 4 is 11.6 Å². The van der Waals surface area contributed by atoms with Crippen LogP contribution in [0.1, 0.15) is 65.8 Å². The Kier molecular flexibility index (Phi) is 5.17. The number of benzene rings is 1. The lowest BCUT2D eigenvalue weighted by Crippen LogP contribution is -2.36. The van der Waals surface area contributed by atoms with E-state index >= 15 is 0 Å². The lowest BCUT2D eigenvalue weighted by Gasteiger charge is -2.34. The van der Waals surface area contributed by atoms with Crippen LogP contribution in [0.2, 0.25) is 0 Å². The number of amides is 1. The zero-order valence-electron chi connectivity index (χ0n) is 18.2. The molecule has 1 aromatic carbocycles. The number of carbonyl (C=O) groups excluding carboxylic acids is 1. The molecule has 1 saturated carbocycles. The summed E-state index contributed by atoms with van der Waals surface area (Å²) in [7, 11) is 0. The third-order valence-electron chi connectivity index (χ3n) is 6.21. The van der Waals surface area contributed by atoms with E-state index in [9.17, 15) is 4.79 Å². The molecular weight excluding hydrogens is 402 g/mol. The molecule has 3 heterocycles. The van der Waals surface area contributed by atoms with Crippen LogP contribution in [0.3, 0.4) is 0 Å². The van der Waals surface area contributed by atoms with Crippen LogP contribution in [-0.4, -0.2) is 32.2 Å². The Hall–Kier alpha value is -3.61. The quantitative estimate of drug-likeness (QED) is 0.652. The van der Waals surface area contributed by atoms with Crippen molar-refractivity contribution in [2.75, 3.05) is 0 Å². The zero-order valence-corrected chi connectivity index (χ0v) is 18.2. The van der Waals surface area contributed by atoms with Crippen molar-refractivity contribution in [1.82, 2.24) is 20.3 Å². The molecule has 0 radical (unpaired) electrons. The number of rotatable bonds is 5. The van der Waals surface area contributed by atoms with Crippen molar-refractivity contribution in [1.29, 1.82) is 0 Å². The fraction of sp³-hybridized carbons (Fsp3) is 0.320. The Balaban J connectivity index is 1.47. The van der Waals surface area contributed by atoms with Crippen LogP contribution in [0.15, 0.2) is 60.3 Å². The molecule has 2 aromatic heterocycles. The highest BCUT2D eigenvalue weighted by molar-refractivity contribution is 6.05. The first-order chi connectivity index (χ1) is 15.5. The molecule has 1 N–H and O–H groups in total. The van der Waals surface area contributed by atoms with E-state index in [1.165, 1.54) is 6.42 Å². The Labute approximate surface area is 187 Å². The zero-order chi connectivity index (χ0) is 22.1. The summed E-state index contributed by atoms with van der Waals surface area (Å²) < 4.78 is 0. The highest BCUT2D eigenvalue weighted by atomic mass is 16.7. The normalized spacial score (nSPS) is 17.2. The molecule has 2 aliphatic rings. The second-order valence-corrected chi connectivity index (χ2v) is 8.69. The topological polar surface area (TPSA) is 89.4 Å². The van der Waals surface area contributed by atoms with Crippen LogP contribution in [0, 0.1) is 6.92 Å². The number of aryl methyl sites for hydroxylation is 1. The van der Waals surface area contributed by atoms with Gasteiger partial charge in [0, 0.05) is 41.7 Å². The highest BCUT2D eigenvalue weighted by Gasteiger charge is 2.45. The van der Waals surface area contributed by atoms with E-state index < -0.39 is 0 Å². The molecular formula is C25H25N5O2. The second-order valence-electron chi connectivity index (χ2n) is 8.69. The molecule has 5 rings (SSSR count). The Morgan fingerprint density at radius 3 is 2.59 bits per heavy atom. The van der Waals surface area contributed by atoms with Crippen molar-refractivity contribution in [2.24, 2.45) is 5.16 Å². The first kappa shape index (κ1) is 20.3. The maximum absolute atomic E-state index is 13.2. The van der Waals surface area contributed by atoms with Gasteiger partial charge in [-0.2, -0.15) is 0 Å². The predicted molar refractivity (Wildman–Crippen MR) is 121 cm³/mol. The lowest BCUT2D eigenvalue weighted by molar-refractivity contribution is -0.0755. The smallest absolute Gasteiger partial charge is 0.251 e. The number of carbonyl (C=O) groups is 1. The monoisotopic (exact) mass is 427 g/mol. The van der Waals surface area contributed by atoms with Crippen LogP contribution >= 0.6 is 0 Å². The summed E-state index contributed by atoms with van der Waals surface area (Å²) in [5.41, 5.74) is 5.66. The number of hydrogen-bond donors (Lipinski definition) is 1. The Morgan fingerprint density at radius 2 is 1.94 bits per heavy atom. The van der Waals surface area contributed by atoms with Crippen molar-refractivity contribution < 1.29 is 9.63 Å². The molecule has 162 valence electrons. The average molecular weight is 428 g/mol. The minimum Gasteiger partial charge on any atom is -0.389 e. The molecule has 0 bridgehead atoms. The van der Waals surface area contributed by atoms with Gasteiger partial charge in [0.25, 0.3) is 5.91 Å². The van der Waals surface area contributed by atoms with Crippen LogP contribution in [0.5, 0.6) is 0 Å². The first-order valence-corrected chi connectivity index (χ1v) is 10.9. The maximum Gasteiger partial charge on any atom is 0.251 e. The van der Waals surface area contributed by atoms with Gasteiger partial charge in [0.2, 0.25) is 0 Å². The van der Waals surface area contributed by atoms with E-state index in [1.807, 2.05) is 50.4 Å². The molecule has 0 unspecified atom stereocenters. The predicted octanol–water partition coefficient (Wildman–Crippen LogP) is 4.39. The summed E-state index contributed by atoms with van der Waals surface area (Å²) in [6.07, 6.45) is 10.7. The maximum atomic E-state index is 13.2. The van der Waals surface area contributed by atoms with Gasteiger partial charge in [0.15, 0.2) is 0 Å².